The molecule has 0 aliphatic heterocycles. The fraction of sp³-hybridized carbons (Fsp3) is 0.211. The number of allylic oxidation sites excluding steroid dienone is 1. The molecule has 1 N–H and O–H groups in total. The van der Waals surface area contributed by atoms with Gasteiger partial charge in [-0.3, -0.25) is 0 Å². The molecule has 0 spiro atoms. The lowest BCUT2D eigenvalue weighted by Crippen LogP contribution is -2.26. The fourth-order valence-corrected chi connectivity index (χ4v) is 3.73. The molecule has 3 nitrogen and oxygen atoms in total. The van der Waals surface area contributed by atoms with Gasteiger partial charge in [0.15, 0.2) is 0 Å². The number of carbonyl (C=O) groups is 1. The zero-order valence-electron chi connectivity index (χ0n) is 12.0. The van der Waals surface area contributed by atoms with Crippen molar-refractivity contribution in [3.05, 3.63) is 82.4 Å². The summed E-state index contributed by atoms with van der Waals surface area (Å²) in [5.74, 6) is -0.491. The molecule has 3 heteroatoms. The Kier molecular flexibility index (Phi) is 3.09. The lowest BCUT2D eigenvalue weighted by molar-refractivity contribution is -0.141. The Bertz CT molecular complexity index is 728. The van der Waals surface area contributed by atoms with E-state index in [1.807, 2.05) is 0 Å². The van der Waals surface area contributed by atoms with Gasteiger partial charge in [-0.2, -0.15) is 0 Å². The topological polar surface area (TPSA) is 46.5 Å². The van der Waals surface area contributed by atoms with Crippen LogP contribution in [0.1, 0.15) is 34.1 Å². The maximum Gasteiger partial charge on any atom is 0.329 e. The number of hydrogen-bond donors (Lipinski definition) is 1. The van der Waals surface area contributed by atoms with E-state index in [0.29, 0.717) is 6.61 Å². The predicted octanol–water partition coefficient (Wildman–Crippen LogP) is 3.31. The fourth-order valence-electron chi connectivity index (χ4n) is 3.73. The maximum atomic E-state index is 10.7. The normalized spacial score (nSPS) is 21.0. The van der Waals surface area contributed by atoms with Crippen molar-refractivity contribution >= 4 is 5.97 Å². The lowest BCUT2D eigenvalue weighted by Gasteiger charge is -2.39. The molecule has 5 rings (SSSR count). The van der Waals surface area contributed by atoms with Crippen LogP contribution in [0.15, 0.2) is 60.2 Å². The Balaban J connectivity index is 1.75. The Labute approximate surface area is 128 Å². The molecule has 3 aliphatic rings. The van der Waals surface area contributed by atoms with Crippen LogP contribution in [0.4, 0.5) is 0 Å². The first-order valence-corrected chi connectivity index (χ1v) is 7.43. The van der Waals surface area contributed by atoms with Crippen LogP contribution < -0.4 is 0 Å². The molecule has 2 aromatic carbocycles. The van der Waals surface area contributed by atoms with Gasteiger partial charge in [-0.1, -0.05) is 54.6 Å². The molecule has 0 radical (unpaired) electrons. The molecule has 0 unspecified atom stereocenters. The summed E-state index contributed by atoms with van der Waals surface area (Å²) >= 11 is 0. The Morgan fingerprint density at radius 1 is 0.955 bits per heavy atom. The standard InChI is InChI=1S/C19H16O3/c20-18(21)11-22-10-12-9-17-13-5-1-3-7-15(13)19(12)16-8-4-2-6-14(16)17/h1-9,17,19H,10-11H2,(H,20,21). The smallest absolute Gasteiger partial charge is 0.329 e. The molecule has 3 aliphatic carbocycles. The summed E-state index contributed by atoms with van der Waals surface area (Å²) in [5, 5.41) is 8.75. The molecule has 0 saturated carbocycles. The van der Waals surface area contributed by atoms with Gasteiger partial charge in [0, 0.05) is 11.8 Å². The highest BCUT2D eigenvalue weighted by atomic mass is 16.5. The molecular formula is C19H16O3. The summed E-state index contributed by atoms with van der Waals surface area (Å²) in [6, 6.07) is 17.0. The van der Waals surface area contributed by atoms with Crippen molar-refractivity contribution in [1.29, 1.82) is 0 Å². The molecule has 22 heavy (non-hydrogen) atoms. The number of rotatable bonds is 4. The summed E-state index contributed by atoms with van der Waals surface area (Å²) in [4.78, 5) is 10.7. The molecule has 2 aromatic rings. The summed E-state index contributed by atoms with van der Waals surface area (Å²) in [5.41, 5.74) is 6.52. The van der Waals surface area contributed by atoms with Crippen molar-refractivity contribution < 1.29 is 14.6 Å². The minimum atomic E-state index is -0.928. The summed E-state index contributed by atoms with van der Waals surface area (Å²) < 4.78 is 5.35. The van der Waals surface area contributed by atoms with Crippen molar-refractivity contribution in [3.8, 4) is 0 Å². The number of ether oxygens (including phenoxy) is 1. The van der Waals surface area contributed by atoms with Crippen LogP contribution in [-0.2, 0) is 9.53 Å². The van der Waals surface area contributed by atoms with Crippen LogP contribution in [0, 0.1) is 0 Å². The third-order valence-corrected chi connectivity index (χ3v) is 4.53. The van der Waals surface area contributed by atoms with Crippen LogP contribution in [-0.4, -0.2) is 24.3 Å². The minimum Gasteiger partial charge on any atom is -0.480 e. The van der Waals surface area contributed by atoms with Gasteiger partial charge in [-0.25, -0.2) is 4.79 Å². The average Bonchev–Trinajstić information content (AvgIpc) is 2.55. The summed E-state index contributed by atoms with van der Waals surface area (Å²) in [6.45, 7) is 0.119. The molecule has 110 valence electrons. The molecule has 0 saturated heterocycles. The highest BCUT2D eigenvalue weighted by molar-refractivity contribution is 5.68. The van der Waals surface area contributed by atoms with E-state index < -0.39 is 5.97 Å². The second-order valence-electron chi connectivity index (χ2n) is 5.80. The number of hydrogen-bond acceptors (Lipinski definition) is 2. The van der Waals surface area contributed by atoms with Gasteiger partial charge in [0.1, 0.15) is 6.61 Å². The Morgan fingerprint density at radius 2 is 1.50 bits per heavy atom. The van der Waals surface area contributed by atoms with Crippen LogP contribution in [0.3, 0.4) is 0 Å². The zero-order valence-corrected chi connectivity index (χ0v) is 12.0. The predicted molar refractivity (Wildman–Crippen MR) is 83.1 cm³/mol. The largest absolute Gasteiger partial charge is 0.480 e. The zero-order chi connectivity index (χ0) is 15.1. The summed E-state index contributed by atoms with van der Waals surface area (Å²) in [6.07, 6.45) is 2.25. The Morgan fingerprint density at radius 3 is 2.05 bits per heavy atom. The first-order chi connectivity index (χ1) is 10.8. The summed E-state index contributed by atoms with van der Waals surface area (Å²) in [7, 11) is 0. The monoisotopic (exact) mass is 292 g/mol. The number of benzene rings is 2. The maximum absolute atomic E-state index is 10.7. The van der Waals surface area contributed by atoms with Crippen molar-refractivity contribution in [1.82, 2.24) is 0 Å². The van der Waals surface area contributed by atoms with Gasteiger partial charge < -0.3 is 9.84 Å². The highest BCUT2D eigenvalue weighted by Gasteiger charge is 2.37. The van der Waals surface area contributed by atoms with Crippen molar-refractivity contribution in [2.75, 3.05) is 13.2 Å². The van der Waals surface area contributed by atoms with Crippen LogP contribution in [0.25, 0.3) is 0 Å². The number of aliphatic carboxylic acids is 1. The molecule has 0 aromatic heterocycles. The quantitative estimate of drug-likeness (QED) is 0.879. The van der Waals surface area contributed by atoms with Gasteiger partial charge in [-0.15, -0.1) is 0 Å². The molecule has 2 bridgehead atoms. The average molecular weight is 292 g/mol. The molecule has 0 fully saturated rings. The molecule has 0 atom stereocenters. The highest BCUT2D eigenvalue weighted by Crippen LogP contribution is 2.51. The van der Waals surface area contributed by atoms with Crippen molar-refractivity contribution in [2.45, 2.75) is 11.8 Å². The van der Waals surface area contributed by atoms with E-state index >= 15 is 0 Å². The van der Waals surface area contributed by atoms with E-state index in [-0.39, 0.29) is 18.4 Å². The van der Waals surface area contributed by atoms with E-state index in [4.69, 9.17) is 9.84 Å². The van der Waals surface area contributed by atoms with E-state index in [1.165, 1.54) is 27.8 Å². The van der Waals surface area contributed by atoms with Gasteiger partial charge in [0.2, 0.25) is 0 Å². The lowest BCUT2D eigenvalue weighted by atomic mass is 9.65. The van der Waals surface area contributed by atoms with Crippen LogP contribution >= 0.6 is 0 Å². The van der Waals surface area contributed by atoms with Crippen LogP contribution in [0.2, 0.25) is 0 Å². The van der Waals surface area contributed by atoms with Gasteiger partial charge in [0.05, 0.1) is 6.61 Å². The van der Waals surface area contributed by atoms with Gasteiger partial charge >= 0.3 is 5.97 Å². The molecule has 0 amide bonds. The van der Waals surface area contributed by atoms with Crippen molar-refractivity contribution in [2.24, 2.45) is 0 Å². The van der Waals surface area contributed by atoms with Gasteiger partial charge in [-0.05, 0) is 27.8 Å². The van der Waals surface area contributed by atoms with E-state index in [0.717, 1.165) is 0 Å². The Hall–Kier alpha value is -2.39. The number of carboxylic acid groups (broad SMARTS) is 1. The van der Waals surface area contributed by atoms with Crippen LogP contribution in [0.5, 0.6) is 0 Å². The number of carboxylic acids is 1. The second-order valence-corrected chi connectivity index (χ2v) is 5.80. The third-order valence-electron chi connectivity index (χ3n) is 4.53. The van der Waals surface area contributed by atoms with E-state index in [2.05, 4.69) is 54.6 Å². The third kappa shape index (κ3) is 1.97. The molecule has 0 heterocycles. The first-order valence-electron chi connectivity index (χ1n) is 7.43. The van der Waals surface area contributed by atoms with E-state index in [1.54, 1.807) is 0 Å². The minimum absolute atomic E-state index is 0.186. The van der Waals surface area contributed by atoms with Crippen molar-refractivity contribution in [3.63, 3.8) is 0 Å². The SMILES string of the molecule is O=C(O)COCC1=CC2c3ccccc3C1c1ccccc12. The first kappa shape index (κ1) is 13.3. The second kappa shape index (κ2) is 5.11. The van der Waals surface area contributed by atoms with E-state index in [9.17, 15) is 4.79 Å². The molecular weight excluding hydrogens is 276 g/mol. The van der Waals surface area contributed by atoms with Gasteiger partial charge in [0.25, 0.3) is 0 Å².